The number of hydrogen-bond donors (Lipinski definition) is 2. The van der Waals surface area contributed by atoms with Gasteiger partial charge in [0.15, 0.2) is 0 Å². The van der Waals surface area contributed by atoms with Gasteiger partial charge in [-0.05, 0) is 78.8 Å². The van der Waals surface area contributed by atoms with Gasteiger partial charge in [-0.15, -0.1) is 0 Å². The summed E-state index contributed by atoms with van der Waals surface area (Å²) in [4.78, 5) is 4.87. The maximum Gasteiger partial charge on any atom is 0.0611 e. The Morgan fingerprint density at radius 1 is 1.30 bits per heavy atom. The highest BCUT2D eigenvalue weighted by molar-refractivity contribution is 4.84. The molecule has 1 atom stereocenters. The molecule has 20 heavy (non-hydrogen) atoms. The van der Waals surface area contributed by atoms with Crippen LogP contribution in [-0.4, -0.2) is 73.9 Å². The molecular weight excluding hydrogens is 250 g/mol. The predicted octanol–water partition coefficient (Wildman–Crippen LogP) is 1.40. The van der Waals surface area contributed by atoms with E-state index in [0.29, 0.717) is 0 Å². The summed E-state index contributed by atoms with van der Waals surface area (Å²) in [5.74, 6) is 0.865. The monoisotopic (exact) mass is 285 g/mol. The van der Waals surface area contributed by atoms with Gasteiger partial charge in [-0.2, -0.15) is 0 Å². The fraction of sp³-hybridized carbons (Fsp3) is 1.00. The first-order chi connectivity index (χ1) is 9.49. The molecule has 1 aliphatic rings. The van der Waals surface area contributed by atoms with E-state index in [1.807, 2.05) is 0 Å². The molecule has 1 heterocycles. The molecule has 1 rings (SSSR count). The zero-order valence-electron chi connectivity index (χ0n) is 14.0. The minimum Gasteiger partial charge on any atom is -0.394 e. The summed E-state index contributed by atoms with van der Waals surface area (Å²) in [5, 5.41) is 13.1. The maximum atomic E-state index is 9.60. The molecule has 2 N–H and O–H groups in total. The first-order valence-corrected chi connectivity index (χ1v) is 8.22. The van der Waals surface area contributed by atoms with Crippen LogP contribution in [-0.2, 0) is 0 Å². The highest BCUT2D eigenvalue weighted by Gasteiger charge is 2.25. The largest absolute Gasteiger partial charge is 0.394 e. The first kappa shape index (κ1) is 17.9. The van der Waals surface area contributed by atoms with E-state index >= 15 is 0 Å². The summed E-state index contributed by atoms with van der Waals surface area (Å²) >= 11 is 0. The van der Waals surface area contributed by atoms with Gasteiger partial charge in [0.1, 0.15) is 0 Å². The molecule has 1 aliphatic heterocycles. The number of piperidine rings is 1. The lowest BCUT2D eigenvalue weighted by atomic mass is 9.94. The second kappa shape index (κ2) is 8.98. The van der Waals surface area contributed by atoms with Crippen LogP contribution in [0.4, 0.5) is 0 Å². The second-order valence-electron chi connectivity index (χ2n) is 6.94. The van der Waals surface area contributed by atoms with Crippen molar-refractivity contribution in [1.29, 1.82) is 0 Å². The van der Waals surface area contributed by atoms with Crippen molar-refractivity contribution in [1.82, 2.24) is 15.1 Å². The normalized spacial score (nSPS) is 21.3. The SMILES string of the molecule is CCCNC(C)(CO)CCN1CCC(CN(C)C)CC1. The fourth-order valence-corrected chi connectivity index (χ4v) is 2.96. The standard InChI is InChI=1S/C16H35N3O/c1-5-9-17-16(2,14-20)8-12-19-10-6-15(7-11-19)13-18(3)4/h15,17,20H,5-14H2,1-4H3. The summed E-state index contributed by atoms with van der Waals surface area (Å²) < 4.78 is 0. The molecule has 0 radical (unpaired) electrons. The van der Waals surface area contributed by atoms with Crippen LogP contribution in [0.25, 0.3) is 0 Å². The van der Waals surface area contributed by atoms with Crippen LogP contribution < -0.4 is 5.32 Å². The van der Waals surface area contributed by atoms with E-state index in [-0.39, 0.29) is 12.1 Å². The Labute approximate surface area is 125 Å². The van der Waals surface area contributed by atoms with Gasteiger partial charge in [-0.25, -0.2) is 0 Å². The zero-order valence-corrected chi connectivity index (χ0v) is 14.0. The van der Waals surface area contributed by atoms with Gasteiger partial charge < -0.3 is 20.2 Å². The molecule has 0 bridgehead atoms. The third-order valence-corrected chi connectivity index (χ3v) is 4.46. The third kappa shape index (κ3) is 6.53. The Bertz CT molecular complexity index is 252. The highest BCUT2D eigenvalue weighted by atomic mass is 16.3. The minimum atomic E-state index is -0.115. The van der Waals surface area contributed by atoms with Crippen molar-refractivity contribution in [2.45, 2.75) is 45.1 Å². The summed E-state index contributed by atoms with van der Waals surface area (Å²) in [7, 11) is 4.33. The average molecular weight is 285 g/mol. The third-order valence-electron chi connectivity index (χ3n) is 4.46. The Kier molecular flexibility index (Phi) is 8.03. The number of aliphatic hydroxyl groups excluding tert-OH is 1. The smallest absolute Gasteiger partial charge is 0.0611 e. The van der Waals surface area contributed by atoms with Gasteiger partial charge in [-0.3, -0.25) is 0 Å². The maximum absolute atomic E-state index is 9.60. The van der Waals surface area contributed by atoms with Crippen LogP contribution in [0.15, 0.2) is 0 Å². The Hall–Kier alpha value is -0.160. The molecule has 1 unspecified atom stereocenters. The van der Waals surface area contributed by atoms with Crippen molar-refractivity contribution >= 4 is 0 Å². The van der Waals surface area contributed by atoms with Gasteiger partial charge in [0.25, 0.3) is 0 Å². The minimum absolute atomic E-state index is 0.115. The summed E-state index contributed by atoms with van der Waals surface area (Å²) in [6, 6.07) is 0. The number of nitrogens with one attached hydrogen (secondary N) is 1. The van der Waals surface area contributed by atoms with E-state index in [1.54, 1.807) is 0 Å². The Morgan fingerprint density at radius 3 is 2.45 bits per heavy atom. The quantitative estimate of drug-likeness (QED) is 0.672. The van der Waals surface area contributed by atoms with Crippen LogP contribution in [0.2, 0.25) is 0 Å². The van der Waals surface area contributed by atoms with Crippen molar-refractivity contribution in [3.05, 3.63) is 0 Å². The molecule has 120 valence electrons. The Balaban J connectivity index is 2.25. The first-order valence-electron chi connectivity index (χ1n) is 8.22. The highest BCUT2D eigenvalue weighted by Crippen LogP contribution is 2.19. The number of hydrogen-bond acceptors (Lipinski definition) is 4. The van der Waals surface area contributed by atoms with Crippen LogP contribution in [0.3, 0.4) is 0 Å². The van der Waals surface area contributed by atoms with E-state index in [9.17, 15) is 5.11 Å². The molecule has 1 fully saturated rings. The van der Waals surface area contributed by atoms with Crippen LogP contribution in [0.1, 0.15) is 39.5 Å². The molecule has 0 saturated carbocycles. The van der Waals surface area contributed by atoms with Gasteiger partial charge in [0.2, 0.25) is 0 Å². The second-order valence-corrected chi connectivity index (χ2v) is 6.94. The van der Waals surface area contributed by atoms with Crippen LogP contribution in [0.5, 0.6) is 0 Å². The van der Waals surface area contributed by atoms with Gasteiger partial charge in [0, 0.05) is 12.1 Å². The van der Waals surface area contributed by atoms with E-state index < -0.39 is 0 Å². The summed E-state index contributed by atoms with van der Waals surface area (Å²) in [5.41, 5.74) is -0.115. The molecule has 0 aromatic carbocycles. The van der Waals surface area contributed by atoms with E-state index in [2.05, 4.69) is 43.1 Å². The van der Waals surface area contributed by atoms with E-state index in [4.69, 9.17) is 0 Å². The molecule has 0 aromatic heterocycles. The predicted molar refractivity (Wildman–Crippen MR) is 86.1 cm³/mol. The molecule has 0 aliphatic carbocycles. The lowest BCUT2D eigenvalue weighted by Gasteiger charge is -2.36. The van der Waals surface area contributed by atoms with Gasteiger partial charge in [-0.1, -0.05) is 6.92 Å². The van der Waals surface area contributed by atoms with Gasteiger partial charge >= 0.3 is 0 Å². The van der Waals surface area contributed by atoms with Crippen LogP contribution in [0, 0.1) is 5.92 Å². The van der Waals surface area contributed by atoms with Crippen molar-refractivity contribution in [3.63, 3.8) is 0 Å². The van der Waals surface area contributed by atoms with E-state index in [0.717, 1.165) is 31.8 Å². The fourth-order valence-electron chi connectivity index (χ4n) is 2.96. The summed E-state index contributed by atoms with van der Waals surface area (Å²) in [6.07, 6.45) is 4.78. The molecule has 4 heteroatoms. The van der Waals surface area contributed by atoms with Crippen molar-refractivity contribution in [2.75, 3.05) is 53.4 Å². The van der Waals surface area contributed by atoms with Crippen molar-refractivity contribution in [3.8, 4) is 0 Å². The average Bonchev–Trinajstić information content (AvgIpc) is 2.44. The molecule has 0 aromatic rings. The lowest BCUT2D eigenvalue weighted by molar-refractivity contribution is 0.121. The van der Waals surface area contributed by atoms with Crippen molar-refractivity contribution in [2.24, 2.45) is 5.92 Å². The number of aliphatic hydroxyl groups is 1. The number of rotatable bonds is 9. The number of nitrogens with zero attached hydrogens (tertiary/aromatic N) is 2. The zero-order chi connectivity index (χ0) is 15.0. The molecule has 4 nitrogen and oxygen atoms in total. The van der Waals surface area contributed by atoms with Gasteiger partial charge in [0.05, 0.1) is 6.61 Å². The molecule has 0 amide bonds. The topological polar surface area (TPSA) is 38.7 Å². The summed E-state index contributed by atoms with van der Waals surface area (Å²) in [6.45, 7) is 10.3. The molecule has 1 saturated heterocycles. The Morgan fingerprint density at radius 2 is 1.95 bits per heavy atom. The number of likely N-dealkylation sites (tertiary alicyclic amines) is 1. The van der Waals surface area contributed by atoms with E-state index in [1.165, 1.54) is 32.5 Å². The molecule has 0 spiro atoms. The lowest BCUT2D eigenvalue weighted by Crippen LogP contribution is -2.49. The molecular formula is C16H35N3O. The van der Waals surface area contributed by atoms with Crippen molar-refractivity contribution < 1.29 is 5.11 Å². The van der Waals surface area contributed by atoms with Crippen LogP contribution >= 0.6 is 0 Å².